The third-order valence-corrected chi connectivity index (χ3v) is 4.38. The Balaban J connectivity index is 2.79. The number of ether oxygens (including phenoxy) is 1. The van der Waals surface area contributed by atoms with E-state index in [0.29, 0.717) is 17.7 Å². The fourth-order valence-electron chi connectivity index (χ4n) is 2.78. The summed E-state index contributed by atoms with van der Waals surface area (Å²) in [5, 5.41) is 8.90. The molecule has 0 spiro atoms. The van der Waals surface area contributed by atoms with Crippen molar-refractivity contribution >= 4 is 16.2 Å². The van der Waals surface area contributed by atoms with Crippen molar-refractivity contribution in [2.45, 2.75) is 33.9 Å². The van der Waals surface area contributed by atoms with Gasteiger partial charge < -0.3 is 0 Å². The van der Waals surface area contributed by atoms with Gasteiger partial charge in [0.25, 0.3) is 0 Å². The first kappa shape index (κ1) is 18.7. The summed E-state index contributed by atoms with van der Waals surface area (Å²) in [5.41, 5.74) is 3.21. The van der Waals surface area contributed by atoms with Crippen LogP contribution in [0.4, 0.5) is 0 Å². The Morgan fingerprint density at radius 2 is 1.79 bits per heavy atom. The zero-order chi connectivity index (χ0) is 17.9. The van der Waals surface area contributed by atoms with Gasteiger partial charge in [0, 0.05) is 0 Å². The topological polar surface area (TPSA) is 73.5 Å². The number of nitrogens with zero attached hydrogens (tertiary/aromatic N) is 2. The Morgan fingerprint density at radius 1 is 1.17 bits per heavy atom. The summed E-state index contributed by atoms with van der Waals surface area (Å²) in [6, 6.07) is 5.94. The minimum absolute atomic E-state index is 0.0311. The van der Waals surface area contributed by atoms with Crippen molar-refractivity contribution in [1.82, 2.24) is 8.15 Å². The van der Waals surface area contributed by atoms with Gasteiger partial charge in [-0.3, -0.25) is 0 Å². The van der Waals surface area contributed by atoms with Gasteiger partial charge in [-0.2, -0.15) is 0 Å². The molecule has 1 aromatic heterocycles. The quantitative estimate of drug-likeness (QED) is 0.578. The number of aromatic nitrogens is 2. The molecule has 1 radical (unpaired) electrons. The summed E-state index contributed by atoms with van der Waals surface area (Å²) in [7, 11) is 0. The molecule has 24 heavy (non-hydrogen) atoms. The Kier molecular flexibility index (Phi) is 6.18. The van der Waals surface area contributed by atoms with Gasteiger partial charge in [-0.05, 0) is 0 Å². The van der Waals surface area contributed by atoms with Crippen LogP contribution in [0.15, 0.2) is 27.8 Å². The number of rotatable bonds is 6. The van der Waals surface area contributed by atoms with Gasteiger partial charge in [-0.1, -0.05) is 0 Å². The first-order valence-electron chi connectivity index (χ1n) is 7.74. The van der Waals surface area contributed by atoms with Crippen LogP contribution in [0.1, 0.15) is 23.6 Å². The van der Waals surface area contributed by atoms with Crippen LogP contribution in [0, 0.1) is 13.8 Å². The molecule has 1 heterocycles. The van der Waals surface area contributed by atoms with E-state index in [0.717, 1.165) is 20.3 Å². The Bertz CT molecular complexity index is 835. The molecule has 0 saturated heterocycles. The fraction of sp³-hybridized carbons (Fsp3) is 0.412. The van der Waals surface area contributed by atoms with E-state index >= 15 is 0 Å². The molecule has 6 nitrogen and oxygen atoms in total. The molecule has 0 fully saturated rings. The van der Waals surface area contributed by atoms with Crippen LogP contribution < -0.4 is 11.2 Å². The molecule has 2 rings (SSSR count). The summed E-state index contributed by atoms with van der Waals surface area (Å²) >= 11 is 2.51. The maximum absolute atomic E-state index is 12.6. The monoisotopic (exact) mass is 397 g/mol. The van der Waals surface area contributed by atoms with Crippen molar-refractivity contribution in [1.29, 1.82) is 0 Å². The normalized spacial score (nSPS) is 11.0. The molecule has 0 aliphatic heterocycles. The first-order valence-corrected chi connectivity index (χ1v) is 8.50. The van der Waals surface area contributed by atoms with Crippen LogP contribution >= 0.6 is 0 Å². The summed E-state index contributed by atoms with van der Waals surface area (Å²) in [6.07, 6.45) is 0.489. The molecule has 0 aliphatic rings. The maximum atomic E-state index is 12.6. The number of hydrogen-bond acceptors (Lipinski definition) is 4. The average Bonchev–Trinajstić information content (AvgIpc) is 2.53. The SMILES string of the molecule is CCc1c(-c2cc(C)cc(C)c2)n(COCCO)c(=O)n([Se])c1=O. The predicted octanol–water partition coefficient (Wildman–Crippen LogP) is 0.754. The first-order chi connectivity index (χ1) is 11.4. The minimum atomic E-state index is -0.482. The van der Waals surface area contributed by atoms with E-state index in [1.165, 1.54) is 4.57 Å². The summed E-state index contributed by atoms with van der Waals surface area (Å²) in [5.74, 6) is 0. The fourth-order valence-corrected chi connectivity index (χ4v) is 3.22. The second-order valence-corrected chi connectivity index (χ2v) is 6.39. The third-order valence-electron chi connectivity index (χ3n) is 3.71. The van der Waals surface area contributed by atoms with Gasteiger partial charge in [-0.25, -0.2) is 0 Å². The Labute approximate surface area is 148 Å². The van der Waals surface area contributed by atoms with E-state index in [1.807, 2.05) is 39.0 Å². The van der Waals surface area contributed by atoms with Crippen molar-refractivity contribution in [2.24, 2.45) is 0 Å². The van der Waals surface area contributed by atoms with Gasteiger partial charge in [0.15, 0.2) is 0 Å². The van der Waals surface area contributed by atoms with Gasteiger partial charge in [0.05, 0.1) is 0 Å². The second-order valence-electron chi connectivity index (χ2n) is 5.63. The van der Waals surface area contributed by atoms with Gasteiger partial charge in [0.2, 0.25) is 0 Å². The molecule has 1 aromatic carbocycles. The van der Waals surface area contributed by atoms with E-state index in [2.05, 4.69) is 16.2 Å². The molecule has 0 bridgehead atoms. The average molecular weight is 396 g/mol. The molecular formula is C17H21N2O4Se. The van der Waals surface area contributed by atoms with Crippen LogP contribution in [0.5, 0.6) is 0 Å². The Morgan fingerprint density at radius 3 is 2.33 bits per heavy atom. The van der Waals surface area contributed by atoms with Crippen LogP contribution in [-0.2, 0) is 17.9 Å². The molecule has 0 aliphatic carbocycles. The van der Waals surface area contributed by atoms with Crippen LogP contribution in [-0.4, -0.2) is 42.7 Å². The van der Waals surface area contributed by atoms with Crippen molar-refractivity contribution in [2.75, 3.05) is 13.2 Å². The van der Waals surface area contributed by atoms with Crippen molar-refractivity contribution in [3.63, 3.8) is 0 Å². The predicted molar refractivity (Wildman–Crippen MR) is 93.4 cm³/mol. The summed E-state index contributed by atoms with van der Waals surface area (Å²) in [6.45, 7) is 5.78. The molecular weight excluding hydrogens is 375 g/mol. The summed E-state index contributed by atoms with van der Waals surface area (Å²) in [4.78, 5) is 25.1. The zero-order valence-corrected chi connectivity index (χ0v) is 15.7. The van der Waals surface area contributed by atoms with E-state index in [-0.39, 0.29) is 25.5 Å². The number of aryl methyl sites for hydroxylation is 2. The van der Waals surface area contributed by atoms with Crippen LogP contribution in [0.25, 0.3) is 11.3 Å². The zero-order valence-electron chi connectivity index (χ0n) is 14.0. The van der Waals surface area contributed by atoms with Gasteiger partial charge >= 0.3 is 148 Å². The summed E-state index contributed by atoms with van der Waals surface area (Å²) < 4.78 is 7.76. The molecule has 7 heteroatoms. The van der Waals surface area contributed by atoms with Gasteiger partial charge in [-0.15, -0.1) is 0 Å². The number of benzene rings is 1. The molecule has 1 N–H and O–H groups in total. The third kappa shape index (κ3) is 3.70. The molecule has 129 valence electrons. The van der Waals surface area contributed by atoms with Gasteiger partial charge in [0.1, 0.15) is 0 Å². The number of aliphatic hydroxyl groups is 1. The Hall–Kier alpha value is -1.66. The molecule has 0 unspecified atom stereocenters. The van der Waals surface area contributed by atoms with E-state index in [4.69, 9.17) is 9.84 Å². The van der Waals surface area contributed by atoms with Crippen molar-refractivity contribution in [3.8, 4) is 11.3 Å². The van der Waals surface area contributed by atoms with Crippen molar-refractivity contribution < 1.29 is 9.84 Å². The van der Waals surface area contributed by atoms with E-state index in [9.17, 15) is 9.59 Å². The number of aliphatic hydroxyl groups excluding tert-OH is 1. The van der Waals surface area contributed by atoms with Crippen molar-refractivity contribution in [3.05, 3.63) is 55.7 Å². The van der Waals surface area contributed by atoms with Crippen LogP contribution in [0.2, 0.25) is 0 Å². The van der Waals surface area contributed by atoms with E-state index in [1.54, 1.807) is 0 Å². The van der Waals surface area contributed by atoms with E-state index < -0.39 is 5.69 Å². The number of hydrogen-bond donors (Lipinski definition) is 1. The standard InChI is InChI=1S/C17H21N2O4Se/c1-4-14-15(13-8-11(2)7-12(3)9-13)18(10-23-6-5-20)17(22)19(24)16(14)21/h7-9,20H,4-6,10H2,1-3H3. The van der Waals surface area contributed by atoms with Crippen LogP contribution in [0.3, 0.4) is 0 Å². The molecule has 0 amide bonds. The molecule has 2 aromatic rings. The molecule has 0 saturated carbocycles. The second kappa shape index (κ2) is 7.94. The molecule has 0 atom stereocenters.